The molecule has 0 radical (unpaired) electrons. The summed E-state index contributed by atoms with van der Waals surface area (Å²) in [5.41, 5.74) is 6.24. The molecular weight excluding hydrogens is 340 g/mol. The summed E-state index contributed by atoms with van der Waals surface area (Å²) < 4.78 is 0. The van der Waals surface area contributed by atoms with Gasteiger partial charge in [-0.2, -0.15) is 0 Å². The number of amides is 1. The second-order valence-electron chi connectivity index (χ2n) is 6.69. The highest BCUT2D eigenvalue weighted by atomic mass is 16.4. The van der Waals surface area contributed by atoms with Crippen LogP contribution in [0.3, 0.4) is 0 Å². The fourth-order valence-electron chi connectivity index (χ4n) is 2.93. The van der Waals surface area contributed by atoms with Crippen LogP contribution in [0.5, 0.6) is 0 Å². The Morgan fingerprint density at radius 3 is 2.19 bits per heavy atom. The summed E-state index contributed by atoms with van der Waals surface area (Å²) in [4.78, 5) is 21.2. The van der Waals surface area contributed by atoms with Crippen molar-refractivity contribution in [1.82, 2.24) is 5.32 Å². The zero-order valence-electron chi connectivity index (χ0n) is 15.5. The predicted molar refractivity (Wildman–Crippen MR) is 106 cm³/mol. The minimum absolute atomic E-state index is 0.280. The van der Waals surface area contributed by atoms with E-state index in [0.29, 0.717) is 12.5 Å². The van der Waals surface area contributed by atoms with Crippen molar-refractivity contribution in [2.45, 2.75) is 25.9 Å². The number of hydrogen-bond donors (Lipinski definition) is 3. The number of aliphatic carboxylic acids is 1. The Balaban J connectivity index is 0.000000208. The van der Waals surface area contributed by atoms with Gasteiger partial charge in [0.15, 0.2) is 5.41 Å². The lowest BCUT2D eigenvalue weighted by molar-refractivity contribution is -0.148. The van der Waals surface area contributed by atoms with Crippen molar-refractivity contribution >= 4 is 11.9 Å². The second kappa shape index (κ2) is 9.14. The van der Waals surface area contributed by atoms with Crippen LogP contribution in [0.25, 0.3) is 0 Å². The minimum Gasteiger partial charge on any atom is -0.480 e. The molecule has 0 bridgehead atoms. The molecule has 3 rings (SSSR count). The van der Waals surface area contributed by atoms with E-state index in [-0.39, 0.29) is 5.92 Å². The van der Waals surface area contributed by atoms with Crippen molar-refractivity contribution in [3.63, 3.8) is 0 Å². The Hall–Kier alpha value is -2.92. The Morgan fingerprint density at radius 2 is 1.78 bits per heavy atom. The first-order valence-electron chi connectivity index (χ1n) is 8.90. The van der Waals surface area contributed by atoms with Crippen molar-refractivity contribution < 1.29 is 14.7 Å². The molecule has 0 saturated heterocycles. The quantitative estimate of drug-likeness (QED) is 0.518. The topological polar surface area (TPSA) is 92.4 Å². The standard InChI is InChI=1S/C15H17N.C7H9NO3/c1-13(15-10-6-3-7-11-15)16-12-14-8-4-2-5-9-14;1-2-4-3-7(4,5(8)9)6(10)11/h2-11,13,16H,12H2,1H3;2,4H,1,3H2,(H2,8,9)(H,10,11)/t13-;/m0./s1. The van der Waals surface area contributed by atoms with Crippen molar-refractivity contribution in [2.24, 2.45) is 17.1 Å². The van der Waals surface area contributed by atoms with Crippen molar-refractivity contribution in [3.05, 3.63) is 84.4 Å². The number of primary amides is 1. The van der Waals surface area contributed by atoms with Gasteiger partial charge in [-0.15, -0.1) is 6.58 Å². The highest BCUT2D eigenvalue weighted by molar-refractivity contribution is 6.05. The third-order valence-corrected chi connectivity index (χ3v) is 4.88. The second-order valence-corrected chi connectivity index (χ2v) is 6.69. The lowest BCUT2D eigenvalue weighted by atomic mass is 10.0. The Morgan fingerprint density at radius 1 is 1.22 bits per heavy atom. The molecule has 0 heterocycles. The van der Waals surface area contributed by atoms with Crippen LogP contribution in [0.4, 0.5) is 0 Å². The van der Waals surface area contributed by atoms with E-state index < -0.39 is 17.3 Å². The molecule has 5 heteroatoms. The molecule has 2 aromatic carbocycles. The molecule has 2 aromatic rings. The molecule has 1 saturated carbocycles. The number of carbonyl (C=O) groups is 2. The average Bonchev–Trinajstić information content (AvgIpc) is 3.45. The molecule has 1 aliphatic carbocycles. The molecule has 3 atom stereocenters. The van der Waals surface area contributed by atoms with Crippen molar-refractivity contribution in [3.8, 4) is 0 Å². The molecule has 27 heavy (non-hydrogen) atoms. The van der Waals surface area contributed by atoms with Gasteiger partial charge in [-0.3, -0.25) is 9.59 Å². The number of benzene rings is 2. The van der Waals surface area contributed by atoms with Crippen LogP contribution in [0, 0.1) is 11.3 Å². The molecule has 5 nitrogen and oxygen atoms in total. The number of carboxylic acids is 1. The van der Waals surface area contributed by atoms with Crippen LogP contribution in [0.15, 0.2) is 73.3 Å². The Kier molecular flexibility index (Phi) is 6.91. The summed E-state index contributed by atoms with van der Waals surface area (Å²) in [6.07, 6.45) is 1.75. The summed E-state index contributed by atoms with van der Waals surface area (Å²) in [7, 11) is 0. The molecule has 4 N–H and O–H groups in total. The number of rotatable bonds is 7. The van der Waals surface area contributed by atoms with E-state index >= 15 is 0 Å². The number of hydrogen-bond acceptors (Lipinski definition) is 3. The fourth-order valence-corrected chi connectivity index (χ4v) is 2.93. The van der Waals surface area contributed by atoms with E-state index in [0.717, 1.165) is 6.54 Å². The van der Waals surface area contributed by atoms with Gasteiger partial charge >= 0.3 is 5.97 Å². The molecule has 1 amide bonds. The van der Waals surface area contributed by atoms with Gasteiger partial charge in [-0.25, -0.2) is 0 Å². The molecular formula is C22H26N2O3. The van der Waals surface area contributed by atoms with Crippen LogP contribution in [0.1, 0.15) is 30.5 Å². The van der Waals surface area contributed by atoms with Crippen LogP contribution in [-0.4, -0.2) is 17.0 Å². The Bertz CT molecular complexity index is 761. The van der Waals surface area contributed by atoms with Crippen LogP contribution < -0.4 is 11.1 Å². The van der Waals surface area contributed by atoms with Gasteiger partial charge < -0.3 is 16.2 Å². The van der Waals surface area contributed by atoms with Crippen molar-refractivity contribution in [1.29, 1.82) is 0 Å². The third-order valence-electron chi connectivity index (χ3n) is 4.88. The highest BCUT2D eigenvalue weighted by Crippen LogP contribution is 2.53. The Labute approximate surface area is 159 Å². The summed E-state index contributed by atoms with van der Waals surface area (Å²) in [5, 5.41) is 12.1. The maximum atomic E-state index is 10.7. The van der Waals surface area contributed by atoms with E-state index in [9.17, 15) is 9.59 Å². The highest BCUT2D eigenvalue weighted by Gasteiger charge is 2.63. The molecule has 0 aliphatic heterocycles. The number of nitrogens with two attached hydrogens (primary N) is 1. The van der Waals surface area contributed by atoms with Crippen molar-refractivity contribution in [2.75, 3.05) is 0 Å². The number of carboxylic acid groups (broad SMARTS) is 1. The normalized spacial score (nSPS) is 21.3. The smallest absolute Gasteiger partial charge is 0.319 e. The van der Waals surface area contributed by atoms with E-state index in [2.05, 4.69) is 67.4 Å². The monoisotopic (exact) mass is 366 g/mol. The molecule has 1 aliphatic rings. The predicted octanol–water partition coefficient (Wildman–Crippen LogP) is 3.29. The zero-order chi connectivity index (χ0) is 19.9. The first kappa shape index (κ1) is 20.4. The van der Waals surface area contributed by atoms with Crippen LogP contribution in [0.2, 0.25) is 0 Å². The molecule has 142 valence electrons. The first-order valence-corrected chi connectivity index (χ1v) is 8.90. The van der Waals surface area contributed by atoms with Gasteiger partial charge in [0, 0.05) is 18.5 Å². The zero-order valence-corrected chi connectivity index (χ0v) is 15.5. The van der Waals surface area contributed by atoms with E-state index in [1.165, 1.54) is 17.2 Å². The van der Waals surface area contributed by atoms with E-state index in [1.54, 1.807) is 0 Å². The van der Waals surface area contributed by atoms with Crippen LogP contribution in [-0.2, 0) is 16.1 Å². The van der Waals surface area contributed by atoms with Gasteiger partial charge in [-0.05, 0) is 24.5 Å². The number of nitrogens with one attached hydrogen (secondary N) is 1. The molecule has 0 aromatic heterocycles. The van der Waals surface area contributed by atoms with Gasteiger partial charge in [0.05, 0.1) is 0 Å². The largest absolute Gasteiger partial charge is 0.480 e. The maximum Gasteiger partial charge on any atom is 0.319 e. The van der Waals surface area contributed by atoms with E-state index in [1.807, 2.05) is 12.1 Å². The summed E-state index contributed by atoms with van der Waals surface area (Å²) in [5.74, 6) is -2.19. The summed E-state index contributed by atoms with van der Waals surface area (Å²) >= 11 is 0. The van der Waals surface area contributed by atoms with Gasteiger partial charge in [0.1, 0.15) is 0 Å². The molecule has 2 unspecified atom stereocenters. The minimum atomic E-state index is -1.35. The fraction of sp³-hybridized carbons (Fsp3) is 0.273. The van der Waals surface area contributed by atoms with Crippen LogP contribution >= 0.6 is 0 Å². The average molecular weight is 366 g/mol. The lowest BCUT2D eigenvalue weighted by Gasteiger charge is -2.14. The molecule has 1 fully saturated rings. The maximum absolute atomic E-state index is 10.7. The third kappa shape index (κ3) is 5.05. The van der Waals surface area contributed by atoms with Gasteiger partial charge in [-0.1, -0.05) is 66.7 Å². The van der Waals surface area contributed by atoms with E-state index in [4.69, 9.17) is 10.8 Å². The SMILES string of the molecule is C=CC1CC1(C(N)=O)C(=O)O.C[C@H](NCc1ccccc1)c1ccccc1. The number of allylic oxidation sites excluding steroid dienone is 1. The first-order chi connectivity index (χ1) is 12.9. The summed E-state index contributed by atoms with van der Waals surface area (Å²) in [6.45, 7) is 6.52. The van der Waals surface area contributed by atoms with Gasteiger partial charge in [0.25, 0.3) is 0 Å². The lowest BCUT2D eigenvalue weighted by Crippen LogP contribution is -2.33. The van der Waals surface area contributed by atoms with Gasteiger partial charge in [0.2, 0.25) is 5.91 Å². The molecule has 0 spiro atoms. The number of carbonyl (C=O) groups excluding carboxylic acids is 1. The summed E-state index contributed by atoms with van der Waals surface area (Å²) in [6, 6.07) is 21.4.